The van der Waals surface area contributed by atoms with Gasteiger partial charge in [-0.25, -0.2) is 12.8 Å². The molecule has 160 valence electrons. The molecular weight excluding hydrogens is 429 g/mol. The average molecular weight is 452 g/mol. The lowest BCUT2D eigenvalue weighted by Crippen LogP contribution is -2.51. The molecule has 2 amide bonds. The van der Waals surface area contributed by atoms with E-state index < -0.39 is 33.7 Å². The Morgan fingerprint density at radius 2 is 1.80 bits per heavy atom. The Morgan fingerprint density at radius 1 is 1.07 bits per heavy atom. The summed E-state index contributed by atoms with van der Waals surface area (Å²) in [6.45, 7) is 0.184. The first kappa shape index (κ1) is 21.0. The third-order valence-electron chi connectivity index (χ3n) is 5.45. The van der Waals surface area contributed by atoms with Gasteiger partial charge in [-0.05, 0) is 74.4 Å². The molecule has 2 N–H and O–H groups in total. The summed E-state index contributed by atoms with van der Waals surface area (Å²) < 4.78 is 40.0. The van der Waals surface area contributed by atoms with Crippen molar-refractivity contribution in [1.82, 2.24) is 15.2 Å². The van der Waals surface area contributed by atoms with E-state index in [1.807, 2.05) is 6.07 Å². The van der Waals surface area contributed by atoms with Crippen LogP contribution in [0.25, 0.3) is 0 Å². The van der Waals surface area contributed by atoms with Crippen LogP contribution in [0.5, 0.6) is 0 Å². The lowest BCUT2D eigenvalue weighted by molar-refractivity contribution is -0.125. The third-order valence-corrected chi connectivity index (χ3v) is 8.60. The van der Waals surface area contributed by atoms with Crippen molar-refractivity contribution in [3.05, 3.63) is 51.5 Å². The molecule has 2 heterocycles. The second-order valence-electron chi connectivity index (χ2n) is 7.44. The van der Waals surface area contributed by atoms with E-state index in [0.29, 0.717) is 17.7 Å². The fraction of sp³-hybridized carbons (Fsp3) is 0.400. The molecule has 7 nitrogen and oxygen atoms in total. The Bertz CT molecular complexity index is 1040. The summed E-state index contributed by atoms with van der Waals surface area (Å²) in [7, 11) is -3.95. The summed E-state index contributed by atoms with van der Waals surface area (Å²) in [4.78, 5) is 26.7. The number of benzene rings is 1. The van der Waals surface area contributed by atoms with Crippen molar-refractivity contribution < 1.29 is 22.4 Å². The minimum Gasteiger partial charge on any atom is -0.271 e. The molecule has 0 radical (unpaired) electrons. The van der Waals surface area contributed by atoms with Crippen molar-refractivity contribution in [3.63, 3.8) is 0 Å². The Balaban J connectivity index is 1.41. The lowest BCUT2D eigenvalue weighted by Gasteiger charge is -2.23. The van der Waals surface area contributed by atoms with E-state index in [4.69, 9.17) is 0 Å². The molecule has 1 saturated heterocycles. The zero-order valence-electron chi connectivity index (χ0n) is 16.2. The first-order chi connectivity index (χ1) is 14.4. The van der Waals surface area contributed by atoms with Gasteiger partial charge in [0.15, 0.2) is 0 Å². The molecule has 30 heavy (non-hydrogen) atoms. The number of hydrogen-bond acceptors (Lipinski definition) is 5. The van der Waals surface area contributed by atoms with Gasteiger partial charge in [0.2, 0.25) is 10.0 Å². The number of thiophene rings is 1. The van der Waals surface area contributed by atoms with Gasteiger partial charge in [-0.3, -0.25) is 20.4 Å². The van der Waals surface area contributed by atoms with E-state index in [9.17, 15) is 22.4 Å². The number of aryl methyl sites for hydroxylation is 2. The van der Waals surface area contributed by atoms with Crippen LogP contribution in [0.3, 0.4) is 0 Å². The van der Waals surface area contributed by atoms with Crippen LogP contribution in [-0.4, -0.2) is 37.1 Å². The minimum atomic E-state index is -3.95. The normalized spacial score (nSPS) is 19.3. The molecule has 1 atom stereocenters. The molecule has 0 spiro atoms. The maximum atomic E-state index is 13.1. The monoisotopic (exact) mass is 451 g/mol. The predicted octanol–water partition coefficient (Wildman–Crippen LogP) is 2.38. The second-order valence-corrected chi connectivity index (χ2v) is 10.5. The number of fused-ring (bicyclic) bond motifs is 1. The van der Waals surface area contributed by atoms with Gasteiger partial charge in [-0.2, -0.15) is 4.31 Å². The molecule has 1 fully saturated rings. The largest absolute Gasteiger partial charge is 0.279 e. The number of nitrogens with one attached hydrogen (secondary N) is 2. The molecule has 1 unspecified atom stereocenters. The Kier molecular flexibility index (Phi) is 5.90. The van der Waals surface area contributed by atoms with Gasteiger partial charge < -0.3 is 0 Å². The number of carbonyl (C=O) groups excluding carboxylic acids is 2. The van der Waals surface area contributed by atoms with Gasteiger partial charge in [0, 0.05) is 11.4 Å². The average Bonchev–Trinajstić information content (AvgIpc) is 3.39. The van der Waals surface area contributed by atoms with E-state index in [1.165, 1.54) is 33.9 Å². The van der Waals surface area contributed by atoms with Crippen molar-refractivity contribution >= 4 is 33.2 Å². The maximum absolute atomic E-state index is 13.1. The quantitative estimate of drug-likeness (QED) is 0.698. The number of amides is 2. The molecule has 1 aliphatic carbocycles. The summed E-state index contributed by atoms with van der Waals surface area (Å²) in [5.74, 6) is -1.54. The van der Waals surface area contributed by atoms with E-state index in [0.717, 1.165) is 42.1 Å². The lowest BCUT2D eigenvalue weighted by atomic mass is 9.99. The summed E-state index contributed by atoms with van der Waals surface area (Å²) >= 11 is 1.43. The maximum Gasteiger partial charge on any atom is 0.279 e. The highest BCUT2D eigenvalue weighted by atomic mass is 32.2. The van der Waals surface area contributed by atoms with Crippen LogP contribution in [0.1, 0.15) is 45.8 Å². The van der Waals surface area contributed by atoms with Gasteiger partial charge in [-0.15, -0.1) is 11.3 Å². The molecule has 2 aliphatic rings. The van der Waals surface area contributed by atoms with Gasteiger partial charge in [0.1, 0.15) is 11.9 Å². The van der Waals surface area contributed by atoms with Crippen LogP contribution < -0.4 is 10.9 Å². The number of carbonyl (C=O) groups is 2. The van der Waals surface area contributed by atoms with Crippen LogP contribution in [0, 0.1) is 5.82 Å². The number of nitrogens with zero attached hydrogens (tertiary/aromatic N) is 1. The molecular formula is C20H22FN3O4S2. The van der Waals surface area contributed by atoms with E-state index in [-0.39, 0.29) is 11.4 Å². The number of hydrazine groups is 1. The second kappa shape index (κ2) is 8.44. The summed E-state index contributed by atoms with van der Waals surface area (Å²) in [5, 5.41) is 0. The molecule has 1 aliphatic heterocycles. The van der Waals surface area contributed by atoms with Gasteiger partial charge in [-0.1, -0.05) is 0 Å². The SMILES string of the molecule is O=C(NNC(=O)C1CCCN1S(=O)(=O)c1ccc(F)cc1)c1cc2c(s1)CCCC2. The number of hydrogen-bond donors (Lipinski definition) is 2. The van der Waals surface area contributed by atoms with Gasteiger partial charge in [0.05, 0.1) is 9.77 Å². The Hall–Kier alpha value is -2.30. The molecule has 1 aromatic heterocycles. The molecule has 10 heteroatoms. The smallest absolute Gasteiger partial charge is 0.271 e. The Morgan fingerprint density at radius 3 is 2.53 bits per heavy atom. The minimum absolute atomic E-state index is 0.0724. The molecule has 2 aromatic rings. The molecule has 4 rings (SSSR count). The topological polar surface area (TPSA) is 95.6 Å². The highest BCUT2D eigenvalue weighted by Gasteiger charge is 2.39. The van der Waals surface area contributed by atoms with E-state index in [2.05, 4.69) is 10.9 Å². The fourth-order valence-electron chi connectivity index (χ4n) is 3.90. The zero-order chi connectivity index (χ0) is 21.3. The first-order valence-corrected chi connectivity index (χ1v) is 12.1. The van der Waals surface area contributed by atoms with Crippen molar-refractivity contribution in [3.8, 4) is 0 Å². The summed E-state index contributed by atoms with van der Waals surface area (Å²) in [6, 6.07) is 5.42. The first-order valence-electron chi connectivity index (χ1n) is 9.85. The van der Waals surface area contributed by atoms with Crippen LogP contribution in [0.2, 0.25) is 0 Å². The fourth-order valence-corrected chi connectivity index (χ4v) is 6.70. The van der Waals surface area contributed by atoms with Crippen molar-refractivity contribution in [1.29, 1.82) is 0 Å². The third kappa shape index (κ3) is 4.12. The van der Waals surface area contributed by atoms with Gasteiger partial charge >= 0.3 is 0 Å². The molecule has 0 bridgehead atoms. The van der Waals surface area contributed by atoms with E-state index >= 15 is 0 Å². The zero-order valence-corrected chi connectivity index (χ0v) is 17.8. The van der Waals surface area contributed by atoms with Crippen molar-refractivity contribution in [2.75, 3.05) is 6.54 Å². The summed E-state index contributed by atoms with van der Waals surface area (Å²) in [5.41, 5.74) is 5.96. The Labute approximate surface area is 178 Å². The predicted molar refractivity (Wildman–Crippen MR) is 110 cm³/mol. The van der Waals surface area contributed by atoms with Crippen LogP contribution >= 0.6 is 11.3 Å². The van der Waals surface area contributed by atoms with Crippen molar-refractivity contribution in [2.45, 2.75) is 49.5 Å². The molecule has 0 saturated carbocycles. The highest BCUT2D eigenvalue weighted by Crippen LogP contribution is 2.30. The van der Waals surface area contributed by atoms with Crippen LogP contribution in [0.15, 0.2) is 35.2 Å². The number of rotatable bonds is 4. The molecule has 1 aromatic carbocycles. The highest BCUT2D eigenvalue weighted by molar-refractivity contribution is 7.89. The number of sulfonamides is 1. The summed E-state index contributed by atoms with van der Waals surface area (Å²) in [6.07, 6.45) is 5.02. The van der Waals surface area contributed by atoms with E-state index in [1.54, 1.807) is 0 Å². The van der Waals surface area contributed by atoms with Crippen molar-refractivity contribution in [2.24, 2.45) is 0 Å². The number of halogens is 1. The standard InChI is InChI=1S/C20H22FN3O4S2/c21-14-7-9-15(10-8-14)30(27,28)24-11-3-5-16(24)19(25)22-23-20(26)18-12-13-4-1-2-6-17(13)29-18/h7-10,12,16H,1-6,11H2,(H,22,25)(H,23,26). The van der Waals surface area contributed by atoms with Crippen LogP contribution in [-0.2, 0) is 27.7 Å². The van der Waals surface area contributed by atoms with Crippen LogP contribution in [0.4, 0.5) is 4.39 Å². The van der Waals surface area contributed by atoms with Gasteiger partial charge in [0.25, 0.3) is 11.8 Å².